The number of halogens is 2. The van der Waals surface area contributed by atoms with Crippen LogP contribution in [0.15, 0.2) is 15.3 Å². The Bertz CT molecular complexity index is 611. The maximum atomic E-state index is 12.8. The summed E-state index contributed by atoms with van der Waals surface area (Å²) in [5.41, 5.74) is 0. The maximum Gasteiger partial charge on any atom is 0.194 e. The molecule has 4 nitrogen and oxygen atoms in total. The summed E-state index contributed by atoms with van der Waals surface area (Å²) in [5, 5.41) is 4.70. The summed E-state index contributed by atoms with van der Waals surface area (Å²) < 4.78 is 18.9. The largest absolute Gasteiger partial charge is 0.267 e. The van der Waals surface area contributed by atoms with Gasteiger partial charge < -0.3 is 0 Å². The Morgan fingerprint density at radius 2 is 1.90 bits per heavy atom. The lowest BCUT2D eigenvalue weighted by Gasteiger charge is -2.32. The van der Waals surface area contributed by atoms with E-state index in [9.17, 15) is 4.21 Å². The third-order valence-corrected chi connectivity index (χ3v) is 12.3. The first-order chi connectivity index (χ1) is 8.78. The fraction of sp³-hybridized carbons (Fsp3) is 0.750. The van der Waals surface area contributed by atoms with E-state index < -0.39 is 17.2 Å². The van der Waals surface area contributed by atoms with Gasteiger partial charge in [-0.3, -0.25) is 8.71 Å². The molecule has 1 aromatic rings. The minimum Gasteiger partial charge on any atom is -0.267 e. The molecule has 0 radical (unpaired) electrons. The van der Waals surface area contributed by atoms with Gasteiger partial charge in [-0.2, -0.15) is 5.10 Å². The molecule has 1 atom stereocenters. The van der Waals surface area contributed by atoms with Gasteiger partial charge in [0.1, 0.15) is 0 Å². The van der Waals surface area contributed by atoms with E-state index in [-0.39, 0.29) is 16.1 Å². The lowest BCUT2D eigenvalue weighted by atomic mass is 10.2. The highest BCUT2D eigenvalue weighted by Gasteiger charge is 2.38. The second-order valence-electron chi connectivity index (χ2n) is 6.71. The summed E-state index contributed by atoms with van der Waals surface area (Å²) in [6.07, 6.45) is 1.64. The molecule has 1 rings (SSSR count). The third kappa shape index (κ3) is 3.78. The van der Waals surface area contributed by atoms with Crippen LogP contribution in [0.25, 0.3) is 0 Å². The predicted molar refractivity (Wildman–Crippen MR) is 89.5 cm³/mol. The highest BCUT2D eigenvalue weighted by molar-refractivity contribution is 8.16. The van der Waals surface area contributed by atoms with Gasteiger partial charge in [0, 0.05) is 22.9 Å². The number of hydrogen-bond acceptors (Lipinski definition) is 3. The summed E-state index contributed by atoms with van der Waals surface area (Å²) >= 11 is 6.13. The molecule has 0 aliphatic rings. The fourth-order valence-electron chi connectivity index (χ4n) is 1.26. The Kier molecular flexibility index (Phi) is 5.07. The molecular formula is C12H23Cl2N3OSSi. The Morgan fingerprint density at radius 1 is 1.40 bits per heavy atom. The molecule has 0 aromatic carbocycles. The average molecular weight is 356 g/mol. The van der Waals surface area contributed by atoms with Gasteiger partial charge >= 0.3 is 0 Å². The van der Waals surface area contributed by atoms with E-state index in [0.717, 1.165) is 0 Å². The van der Waals surface area contributed by atoms with Crippen molar-refractivity contribution < 1.29 is 4.21 Å². The Hall–Kier alpha value is -0.0431. The van der Waals surface area contributed by atoms with Crippen LogP contribution in [-0.4, -0.2) is 22.2 Å². The van der Waals surface area contributed by atoms with Gasteiger partial charge in [0.15, 0.2) is 22.2 Å². The number of hydrogen-bond donors (Lipinski definition) is 0. The van der Waals surface area contributed by atoms with E-state index >= 15 is 0 Å². The molecule has 0 saturated heterocycles. The van der Waals surface area contributed by atoms with Gasteiger partial charge in [-0.15, -0.1) is 0 Å². The molecule has 1 aromatic heterocycles. The zero-order valence-corrected chi connectivity index (χ0v) is 16.4. The average Bonchev–Trinajstić information content (AvgIpc) is 2.57. The summed E-state index contributed by atoms with van der Waals surface area (Å²) in [6.45, 7) is 14.3. The first-order valence-corrected chi connectivity index (χ1v) is 12.2. The minimum atomic E-state index is -3.10. The van der Waals surface area contributed by atoms with Crippen molar-refractivity contribution in [3.8, 4) is 0 Å². The summed E-state index contributed by atoms with van der Waals surface area (Å²) in [4.78, 5) is 0. The van der Waals surface area contributed by atoms with Gasteiger partial charge in [0.05, 0.1) is 5.02 Å². The van der Waals surface area contributed by atoms with E-state index in [4.69, 9.17) is 22.3 Å². The molecule has 0 aliphatic carbocycles. The van der Waals surface area contributed by atoms with E-state index in [1.54, 1.807) is 10.9 Å². The fourth-order valence-corrected chi connectivity index (χ4v) is 8.00. The molecule has 1 unspecified atom stereocenters. The monoisotopic (exact) mass is 355 g/mol. The maximum absolute atomic E-state index is 12.8. The number of aromatic nitrogens is 2. The summed E-state index contributed by atoms with van der Waals surface area (Å²) in [6, 6.07) is 0.126. The standard InChI is InChI=1S/C12H23Cl2N3OSSi/c1-9(2)17-8-10(13)11(15-17)19(14,18)16-20(6,7)12(3,4)5/h8-9H,1-7H3. The van der Waals surface area contributed by atoms with Crippen LogP contribution in [0, 0.1) is 0 Å². The lowest BCUT2D eigenvalue weighted by molar-refractivity contribution is 0.520. The van der Waals surface area contributed by atoms with Gasteiger partial charge in [0.2, 0.25) is 0 Å². The minimum absolute atomic E-state index is 0.0440. The molecular weight excluding hydrogens is 333 g/mol. The van der Waals surface area contributed by atoms with Gasteiger partial charge in [-0.05, 0) is 32.0 Å². The second kappa shape index (κ2) is 5.63. The first kappa shape index (κ1) is 18.0. The zero-order chi connectivity index (χ0) is 15.9. The Morgan fingerprint density at radius 3 is 2.25 bits per heavy atom. The Balaban J connectivity index is 3.41. The van der Waals surface area contributed by atoms with E-state index in [0.29, 0.717) is 5.02 Å². The van der Waals surface area contributed by atoms with Crippen molar-refractivity contribution in [3.63, 3.8) is 0 Å². The highest BCUT2D eigenvalue weighted by Crippen LogP contribution is 2.39. The van der Waals surface area contributed by atoms with Crippen LogP contribution in [-0.2, 0) is 8.94 Å². The van der Waals surface area contributed by atoms with Crippen molar-refractivity contribution in [1.82, 2.24) is 9.78 Å². The van der Waals surface area contributed by atoms with Crippen LogP contribution in [0.1, 0.15) is 40.7 Å². The Labute approximate surface area is 132 Å². The molecule has 0 fully saturated rings. The van der Waals surface area contributed by atoms with Gasteiger partial charge in [0.25, 0.3) is 0 Å². The van der Waals surface area contributed by atoms with Crippen LogP contribution in [0.2, 0.25) is 23.2 Å². The van der Waals surface area contributed by atoms with Crippen LogP contribution in [0.3, 0.4) is 0 Å². The van der Waals surface area contributed by atoms with Crippen molar-refractivity contribution in [2.75, 3.05) is 0 Å². The highest BCUT2D eigenvalue weighted by atomic mass is 35.7. The molecule has 0 N–H and O–H groups in total. The third-order valence-electron chi connectivity index (χ3n) is 3.60. The van der Waals surface area contributed by atoms with E-state index in [1.165, 1.54) is 0 Å². The summed E-state index contributed by atoms with van der Waals surface area (Å²) in [5.74, 6) is 0. The first-order valence-electron chi connectivity index (χ1n) is 6.50. The number of nitrogens with zero attached hydrogens (tertiary/aromatic N) is 3. The lowest BCUT2D eigenvalue weighted by Crippen LogP contribution is -2.36. The van der Waals surface area contributed by atoms with Gasteiger partial charge in [-0.1, -0.05) is 32.4 Å². The van der Waals surface area contributed by atoms with E-state index in [2.05, 4.69) is 29.9 Å². The second-order valence-corrected chi connectivity index (χ2v) is 15.0. The van der Waals surface area contributed by atoms with Crippen molar-refractivity contribution in [2.45, 2.75) is 63.8 Å². The van der Waals surface area contributed by atoms with Gasteiger partial charge in [-0.25, -0.2) is 4.21 Å². The van der Waals surface area contributed by atoms with Crippen LogP contribution in [0.4, 0.5) is 0 Å². The van der Waals surface area contributed by atoms with Crippen LogP contribution in [0.5, 0.6) is 0 Å². The topological polar surface area (TPSA) is 47.2 Å². The smallest absolute Gasteiger partial charge is 0.194 e. The SMILES string of the molecule is CC(C)n1cc(Cl)c(S(=O)(Cl)=N[Si](C)(C)C(C)(C)C)n1. The molecule has 0 bridgehead atoms. The van der Waals surface area contributed by atoms with Crippen LogP contribution < -0.4 is 0 Å². The zero-order valence-electron chi connectivity index (χ0n) is 13.1. The van der Waals surface area contributed by atoms with Crippen molar-refractivity contribution >= 4 is 39.5 Å². The molecule has 0 amide bonds. The number of rotatable bonds is 3. The van der Waals surface area contributed by atoms with Crippen LogP contribution >= 0.6 is 22.3 Å². The quantitative estimate of drug-likeness (QED) is 0.558. The summed E-state index contributed by atoms with van der Waals surface area (Å²) in [7, 11) is 0.957. The molecule has 0 spiro atoms. The molecule has 116 valence electrons. The molecule has 8 heteroatoms. The van der Waals surface area contributed by atoms with E-state index in [1.807, 2.05) is 26.9 Å². The molecule has 0 aliphatic heterocycles. The molecule has 1 heterocycles. The van der Waals surface area contributed by atoms with Crippen molar-refractivity contribution in [3.05, 3.63) is 11.2 Å². The van der Waals surface area contributed by atoms with Crippen molar-refractivity contribution in [1.29, 1.82) is 0 Å². The normalized spacial score (nSPS) is 16.3. The molecule has 20 heavy (non-hydrogen) atoms. The predicted octanol–water partition coefficient (Wildman–Crippen LogP) is 5.10. The molecule has 0 saturated carbocycles. The van der Waals surface area contributed by atoms with Crippen molar-refractivity contribution in [2.24, 2.45) is 4.03 Å².